The summed E-state index contributed by atoms with van der Waals surface area (Å²) in [5.41, 5.74) is -2.45. The number of carboxylic acids is 1. The molecule has 0 aromatic heterocycles. The number of halogens is 1. The van der Waals surface area contributed by atoms with Crippen molar-refractivity contribution < 1.29 is 19.1 Å². The van der Waals surface area contributed by atoms with Crippen LogP contribution >= 0.6 is 0 Å². The lowest BCUT2D eigenvalue weighted by molar-refractivity contribution is -0.147. The highest BCUT2D eigenvalue weighted by Crippen LogP contribution is 2.24. The van der Waals surface area contributed by atoms with Crippen molar-refractivity contribution in [3.8, 4) is 0 Å². The number of carboxylic acid groups (broad SMARTS) is 1. The fourth-order valence-corrected chi connectivity index (χ4v) is 1.95. The summed E-state index contributed by atoms with van der Waals surface area (Å²) in [5, 5.41) is 9.13. The van der Waals surface area contributed by atoms with Crippen molar-refractivity contribution in [1.82, 2.24) is 0 Å². The van der Waals surface area contributed by atoms with Crippen molar-refractivity contribution in [3.05, 3.63) is 71.8 Å². The minimum atomic E-state index is -2.96. The molecule has 0 heterocycles. The lowest BCUT2D eigenvalue weighted by Gasteiger charge is -2.19. The van der Waals surface area contributed by atoms with Crippen molar-refractivity contribution in [3.63, 3.8) is 0 Å². The number of Topliss-reactive ketones (excluding diaryl/α,β-unsaturated/α-hetero) is 1. The standard InChI is InChI=1S/C16H13FO3/c17-16(15(19)20,11-12-7-3-1-4-8-12)14(18)13-9-5-2-6-10-13/h1-10H,11H2,(H,19,20). The van der Waals surface area contributed by atoms with Crippen LogP contribution in [0.2, 0.25) is 0 Å². The lowest BCUT2D eigenvalue weighted by atomic mass is 9.88. The summed E-state index contributed by atoms with van der Waals surface area (Å²) in [6, 6.07) is 15.9. The maximum Gasteiger partial charge on any atom is 0.350 e. The monoisotopic (exact) mass is 272 g/mol. The van der Waals surface area contributed by atoms with Crippen LogP contribution in [0.4, 0.5) is 4.39 Å². The van der Waals surface area contributed by atoms with Crippen molar-refractivity contribution in [2.75, 3.05) is 0 Å². The first-order valence-corrected chi connectivity index (χ1v) is 6.10. The van der Waals surface area contributed by atoms with Crippen molar-refractivity contribution >= 4 is 11.8 Å². The van der Waals surface area contributed by atoms with Gasteiger partial charge >= 0.3 is 5.97 Å². The molecule has 0 fully saturated rings. The summed E-state index contributed by atoms with van der Waals surface area (Å²) < 4.78 is 14.7. The van der Waals surface area contributed by atoms with E-state index in [9.17, 15) is 14.0 Å². The van der Waals surface area contributed by atoms with Gasteiger partial charge in [-0.25, -0.2) is 9.18 Å². The Morgan fingerprint density at radius 2 is 1.45 bits per heavy atom. The fourth-order valence-electron chi connectivity index (χ4n) is 1.95. The molecule has 0 spiro atoms. The van der Waals surface area contributed by atoms with Gasteiger partial charge in [0.1, 0.15) is 0 Å². The van der Waals surface area contributed by atoms with E-state index in [1.807, 2.05) is 0 Å². The number of carbonyl (C=O) groups is 2. The molecule has 0 aliphatic rings. The first-order valence-electron chi connectivity index (χ1n) is 6.10. The predicted molar refractivity (Wildman–Crippen MR) is 72.4 cm³/mol. The third kappa shape index (κ3) is 2.74. The van der Waals surface area contributed by atoms with Gasteiger partial charge in [-0.3, -0.25) is 4.79 Å². The first kappa shape index (κ1) is 13.9. The minimum Gasteiger partial charge on any atom is -0.479 e. The van der Waals surface area contributed by atoms with Crippen LogP contribution in [-0.2, 0) is 11.2 Å². The molecule has 20 heavy (non-hydrogen) atoms. The zero-order chi connectivity index (χ0) is 14.6. The van der Waals surface area contributed by atoms with Gasteiger partial charge in [0.2, 0.25) is 5.78 Å². The molecule has 0 aliphatic carbocycles. The second kappa shape index (κ2) is 5.65. The van der Waals surface area contributed by atoms with Gasteiger partial charge in [0.15, 0.2) is 0 Å². The average molecular weight is 272 g/mol. The topological polar surface area (TPSA) is 54.4 Å². The van der Waals surface area contributed by atoms with Gasteiger partial charge in [-0.15, -0.1) is 0 Å². The summed E-state index contributed by atoms with van der Waals surface area (Å²) in [7, 11) is 0. The average Bonchev–Trinajstić information content (AvgIpc) is 2.48. The summed E-state index contributed by atoms with van der Waals surface area (Å²) in [6.45, 7) is 0. The lowest BCUT2D eigenvalue weighted by Crippen LogP contribution is -2.44. The zero-order valence-electron chi connectivity index (χ0n) is 10.6. The van der Waals surface area contributed by atoms with Gasteiger partial charge in [-0.1, -0.05) is 60.7 Å². The molecular formula is C16H13FO3. The van der Waals surface area contributed by atoms with Crippen LogP contribution in [0.3, 0.4) is 0 Å². The smallest absolute Gasteiger partial charge is 0.350 e. The maximum atomic E-state index is 14.7. The van der Waals surface area contributed by atoms with Crippen LogP contribution in [0.25, 0.3) is 0 Å². The Balaban J connectivity index is 2.35. The number of alkyl halides is 1. The Bertz CT molecular complexity index is 610. The Morgan fingerprint density at radius 3 is 1.95 bits per heavy atom. The first-order chi connectivity index (χ1) is 9.54. The number of carbonyl (C=O) groups excluding carboxylic acids is 1. The number of aliphatic carboxylic acids is 1. The van der Waals surface area contributed by atoms with Gasteiger partial charge in [-0.2, -0.15) is 0 Å². The van der Waals surface area contributed by atoms with Gasteiger partial charge in [0.25, 0.3) is 5.67 Å². The largest absolute Gasteiger partial charge is 0.479 e. The molecule has 0 saturated carbocycles. The van der Waals surface area contributed by atoms with E-state index in [1.54, 1.807) is 48.5 Å². The van der Waals surface area contributed by atoms with Gasteiger partial charge in [-0.05, 0) is 5.56 Å². The molecule has 2 aromatic carbocycles. The third-order valence-corrected chi connectivity index (χ3v) is 3.03. The molecule has 2 rings (SSSR count). The molecule has 1 atom stereocenters. The Kier molecular flexibility index (Phi) is 3.94. The third-order valence-electron chi connectivity index (χ3n) is 3.03. The summed E-state index contributed by atoms with van der Waals surface area (Å²) >= 11 is 0. The van der Waals surface area contributed by atoms with Gasteiger partial charge < -0.3 is 5.11 Å². The van der Waals surface area contributed by atoms with E-state index in [1.165, 1.54) is 12.1 Å². The molecule has 0 amide bonds. The van der Waals surface area contributed by atoms with Crippen LogP contribution in [-0.4, -0.2) is 22.5 Å². The fraction of sp³-hybridized carbons (Fsp3) is 0.125. The van der Waals surface area contributed by atoms with Crippen molar-refractivity contribution in [2.45, 2.75) is 12.1 Å². The van der Waals surface area contributed by atoms with Crippen LogP contribution < -0.4 is 0 Å². The molecule has 1 N–H and O–H groups in total. The van der Waals surface area contributed by atoms with E-state index in [4.69, 9.17) is 5.11 Å². The second-order valence-corrected chi connectivity index (χ2v) is 4.46. The van der Waals surface area contributed by atoms with E-state index in [0.29, 0.717) is 5.56 Å². The number of ketones is 1. The second-order valence-electron chi connectivity index (χ2n) is 4.46. The predicted octanol–water partition coefficient (Wildman–Crippen LogP) is 2.90. The Morgan fingerprint density at radius 1 is 0.950 bits per heavy atom. The normalized spacial score (nSPS) is 13.4. The van der Waals surface area contributed by atoms with Gasteiger partial charge in [0.05, 0.1) is 0 Å². The molecule has 4 heteroatoms. The Hall–Kier alpha value is -2.49. The van der Waals surface area contributed by atoms with Crippen LogP contribution in [0, 0.1) is 0 Å². The number of hydrogen-bond acceptors (Lipinski definition) is 2. The number of benzene rings is 2. The zero-order valence-corrected chi connectivity index (χ0v) is 10.6. The van der Waals surface area contributed by atoms with E-state index in [-0.39, 0.29) is 5.56 Å². The molecule has 1 unspecified atom stereocenters. The van der Waals surface area contributed by atoms with E-state index < -0.39 is 23.8 Å². The van der Waals surface area contributed by atoms with E-state index in [2.05, 4.69) is 0 Å². The molecule has 0 saturated heterocycles. The molecule has 0 aliphatic heterocycles. The molecule has 0 bridgehead atoms. The quantitative estimate of drug-likeness (QED) is 0.672. The molecule has 102 valence electrons. The van der Waals surface area contributed by atoms with Gasteiger partial charge in [0, 0.05) is 12.0 Å². The number of hydrogen-bond donors (Lipinski definition) is 1. The highest BCUT2D eigenvalue weighted by atomic mass is 19.1. The highest BCUT2D eigenvalue weighted by Gasteiger charge is 2.47. The van der Waals surface area contributed by atoms with Crippen molar-refractivity contribution in [2.24, 2.45) is 0 Å². The summed E-state index contributed by atoms with van der Waals surface area (Å²) in [5.74, 6) is -2.80. The van der Waals surface area contributed by atoms with Crippen LogP contribution in [0.5, 0.6) is 0 Å². The van der Waals surface area contributed by atoms with E-state index in [0.717, 1.165) is 0 Å². The Labute approximate surface area is 115 Å². The molecule has 2 aromatic rings. The SMILES string of the molecule is O=C(O)C(F)(Cc1ccccc1)C(=O)c1ccccc1. The van der Waals surface area contributed by atoms with Crippen LogP contribution in [0.1, 0.15) is 15.9 Å². The molecular weight excluding hydrogens is 259 g/mol. The maximum absolute atomic E-state index is 14.7. The van der Waals surface area contributed by atoms with E-state index >= 15 is 0 Å². The molecule has 0 radical (unpaired) electrons. The minimum absolute atomic E-state index is 0.0494. The summed E-state index contributed by atoms with van der Waals surface area (Å²) in [6.07, 6.45) is -0.489. The highest BCUT2D eigenvalue weighted by molar-refractivity contribution is 6.15. The summed E-state index contributed by atoms with van der Waals surface area (Å²) in [4.78, 5) is 23.4. The number of rotatable bonds is 5. The van der Waals surface area contributed by atoms with Crippen LogP contribution in [0.15, 0.2) is 60.7 Å². The van der Waals surface area contributed by atoms with Crippen molar-refractivity contribution in [1.29, 1.82) is 0 Å². The molecule has 3 nitrogen and oxygen atoms in total.